The lowest BCUT2D eigenvalue weighted by Gasteiger charge is -2.12. The molecule has 108 valence electrons. The summed E-state index contributed by atoms with van der Waals surface area (Å²) in [5.74, 6) is -0.160. The van der Waals surface area contributed by atoms with Crippen LogP contribution in [0, 0.1) is 18.3 Å². The van der Waals surface area contributed by atoms with Crippen LogP contribution in [0.5, 0.6) is 0 Å². The average Bonchev–Trinajstić information content (AvgIpc) is 2.44. The number of nitriles is 1. The third-order valence-electron chi connectivity index (χ3n) is 3.08. The fraction of sp³-hybridized carbons (Fsp3) is 0.133. The largest absolute Gasteiger partial charge is 0.398 e. The average molecular weight is 301 g/mol. The molecule has 0 amide bonds. The number of sulfonamides is 1. The number of rotatable bonds is 4. The van der Waals surface area contributed by atoms with Crippen molar-refractivity contribution < 1.29 is 8.42 Å². The van der Waals surface area contributed by atoms with Crippen LogP contribution in [0.4, 0.5) is 11.4 Å². The van der Waals surface area contributed by atoms with Gasteiger partial charge in [0.1, 0.15) is 0 Å². The first-order valence-corrected chi connectivity index (χ1v) is 7.91. The Morgan fingerprint density at radius 2 is 1.86 bits per heavy atom. The van der Waals surface area contributed by atoms with E-state index in [-0.39, 0.29) is 5.75 Å². The monoisotopic (exact) mass is 301 g/mol. The van der Waals surface area contributed by atoms with E-state index in [0.717, 1.165) is 0 Å². The summed E-state index contributed by atoms with van der Waals surface area (Å²) in [4.78, 5) is 0. The first-order chi connectivity index (χ1) is 9.91. The summed E-state index contributed by atoms with van der Waals surface area (Å²) < 4.78 is 26.9. The van der Waals surface area contributed by atoms with Crippen molar-refractivity contribution in [3.05, 3.63) is 59.2 Å². The van der Waals surface area contributed by atoms with Crippen LogP contribution in [-0.4, -0.2) is 8.42 Å². The number of hydrogen-bond acceptors (Lipinski definition) is 4. The quantitative estimate of drug-likeness (QED) is 0.847. The maximum Gasteiger partial charge on any atom is 0.236 e. The van der Waals surface area contributed by atoms with E-state index in [1.54, 1.807) is 49.4 Å². The Hall–Kier alpha value is -2.52. The molecule has 2 aromatic carbocycles. The molecule has 0 atom stereocenters. The Morgan fingerprint density at radius 1 is 1.19 bits per heavy atom. The lowest BCUT2D eigenvalue weighted by molar-refractivity contribution is 0.600. The van der Waals surface area contributed by atoms with Gasteiger partial charge in [0.2, 0.25) is 10.0 Å². The van der Waals surface area contributed by atoms with Crippen molar-refractivity contribution in [3.8, 4) is 6.07 Å². The van der Waals surface area contributed by atoms with E-state index >= 15 is 0 Å². The first kappa shape index (κ1) is 14.9. The highest BCUT2D eigenvalue weighted by atomic mass is 32.2. The minimum absolute atomic E-state index is 0.160. The molecule has 0 unspecified atom stereocenters. The van der Waals surface area contributed by atoms with E-state index in [1.807, 2.05) is 6.07 Å². The fourth-order valence-electron chi connectivity index (χ4n) is 1.86. The Balaban J connectivity index is 2.18. The van der Waals surface area contributed by atoms with Gasteiger partial charge in [-0.15, -0.1) is 0 Å². The van der Waals surface area contributed by atoms with Crippen molar-refractivity contribution in [1.29, 1.82) is 5.26 Å². The number of anilines is 2. The summed E-state index contributed by atoms with van der Waals surface area (Å²) in [7, 11) is -3.53. The molecule has 0 aliphatic carbocycles. The minimum atomic E-state index is -3.53. The lowest BCUT2D eigenvalue weighted by Crippen LogP contribution is -2.16. The molecule has 21 heavy (non-hydrogen) atoms. The third-order valence-corrected chi connectivity index (χ3v) is 4.33. The van der Waals surface area contributed by atoms with Crippen molar-refractivity contribution >= 4 is 21.4 Å². The van der Waals surface area contributed by atoms with E-state index in [1.165, 1.54) is 0 Å². The molecule has 0 saturated carbocycles. The van der Waals surface area contributed by atoms with Crippen LogP contribution in [0.3, 0.4) is 0 Å². The van der Waals surface area contributed by atoms with Gasteiger partial charge in [-0.2, -0.15) is 5.26 Å². The molecule has 0 heterocycles. The van der Waals surface area contributed by atoms with Crippen molar-refractivity contribution in [1.82, 2.24) is 0 Å². The molecule has 0 bridgehead atoms. The second-order valence-corrected chi connectivity index (χ2v) is 6.41. The predicted molar refractivity (Wildman–Crippen MR) is 83.0 cm³/mol. The Bertz CT molecular complexity index is 791. The first-order valence-electron chi connectivity index (χ1n) is 6.26. The summed E-state index contributed by atoms with van der Waals surface area (Å²) in [6, 6.07) is 13.5. The van der Waals surface area contributed by atoms with Crippen molar-refractivity contribution in [2.75, 3.05) is 10.5 Å². The molecule has 0 aliphatic heterocycles. The minimum Gasteiger partial charge on any atom is -0.398 e. The van der Waals surface area contributed by atoms with E-state index in [4.69, 9.17) is 11.0 Å². The van der Waals surface area contributed by atoms with Gasteiger partial charge in [0.25, 0.3) is 0 Å². The predicted octanol–water partition coefficient (Wildman–Crippen LogP) is 2.39. The second kappa shape index (κ2) is 5.85. The van der Waals surface area contributed by atoms with Gasteiger partial charge < -0.3 is 5.73 Å². The van der Waals surface area contributed by atoms with Crippen molar-refractivity contribution in [2.24, 2.45) is 0 Å². The van der Waals surface area contributed by atoms with Gasteiger partial charge in [0.15, 0.2) is 0 Å². The molecule has 0 aromatic heterocycles. The second-order valence-electron chi connectivity index (χ2n) is 4.69. The molecular formula is C15H15N3O2S. The molecule has 2 rings (SSSR count). The Morgan fingerprint density at radius 3 is 2.48 bits per heavy atom. The van der Waals surface area contributed by atoms with Crippen molar-refractivity contribution in [3.63, 3.8) is 0 Å². The number of nitrogens with zero attached hydrogens (tertiary/aromatic N) is 1. The van der Waals surface area contributed by atoms with Crippen LogP contribution in [0.15, 0.2) is 42.5 Å². The van der Waals surface area contributed by atoms with Crippen LogP contribution in [-0.2, 0) is 15.8 Å². The van der Waals surface area contributed by atoms with Gasteiger partial charge in [0, 0.05) is 5.69 Å². The maximum atomic E-state index is 12.2. The van der Waals surface area contributed by atoms with Crippen LogP contribution in [0.2, 0.25) is 0 Å². The Kier molecular flexibility index (Phi) is 4.15. The van der Waals surface area contributed by atoms with Gasteiger partial charge in [-0.1, -0.05) is 18.2 Å². The lowest BCUT2D eigenvalue weighted by atomic mass is 10.2. The zero-order valence-corrected chi connectivity index (χ0v) is 12.3. The topological polar surface area (TPSA) is 96.0 Å². The van der Waals surface area contributed by atoms with E-state index in [0.29, 0.717) is 28.1 Å². The van der Waals surface area contributed by atoms with E-state index in [9.17, 15) is 8.42 Å². The molecule has 0 aliphatic rings. The summed E-state index contributed by atoms with van der Waals surface area (Å²) in [5, 5.41) is 8.72. The van der Waals surface area contributed by atoms with Crippen LogP contribution in [0.1, 0.15) is 16.7 Å². The number of nitrogens with two attached hydrogens (primary N) is 1. The Labute approximate surface area is 124 Å². The van der Waals surface area contributed by atoms with Gasteiger partial charge in [-0.05, 0) is 42.3 Å². The van der Waals surface area contributed by atoms with E-state index < -0.39 is 10.0 Å². The fourth-order valence-corrected chi connectivity index (χ4v) is 3.12. The summed E-state index contributed by atoms with van der Waals surface area (Å²) >= 11 is 0. The summed E-state index contributed by atoms with van der Waals surface area (Å²) in [5.41, 5.74) is 8.58. The number of nitrogens with one attached hydrogen (secondary N) is 1. The van der Waals surface area contributed by atoms with Crippen molar-refractivity contribution in [2.45, 2.75) is 12.7 Å². The number of hydrogen-bond donors (Lipinski definition) is 2. The number of benzene rings is 2. The molecule has 0 fully saturated rings. The molecule has 3 N–H and O–H groups in total. The smallest absolute Gasteiger partial charge is 0.236 e. The van der Waals surface area contributed by atoms with Gasteiger partial charge in [-0.3, -0.25) is 4.72 Å². The maximum absolute atomic E-state index is 12.2. The summed E-state index contributed by atoms with van der Waals surface area (Å²) in [6.07, 6.45) is 0. The van der Waals surface area contributed by atoms with Gasteiger partial charge >= 0.3 is 0 Å². The molecule has 5 nitrogen and oxygen atoms in total. The molecule has 0 spiro atoms. The van der Waals surface area contributed by atoms with Crippen LogP contribution < -0.4 is 10.5 Å². The number of nitrogen functional groups attached to an aromatic ring is 1. The molecule has 0 saturated heterocycles. The normalized spacial score (nSPS) is 10.9. The molecule has 2 aromatic rings. The zero-order valence-electron chi connectivity index (χ0n) is 11.5. The van der Waals surface area contributed by atoms with E-state index in [2.05, 4.69) is 4.72 Å². The SMILES string of the molecule is Cc1c(N)cccc1NS(=O)(=O)Cc1ccc(C#N)cc1. The highest BCUT2D eigenvalue weighted by molar-refractivity contribution is 7.91. The third kappa shape index (κ3) is 3.74. The van der Waals surface area contributed by atoms with Gasteiger partial charge in [-0.25, -0.2) is 8.42 Å². The molecular weight excluding hydrogens is 286 g/mol. The van der Waals surface area contributed by atoms with Crippen LogP contribution in [0.25, 0.3) is 0 Å². The highest BCUT2D eigenvalue weighted by Gasteiger charge is 2.13. The molecule has 0 radical (unpaired) electrons. The summed E-state index contributed by atoms with van der Waals surface area (Å²) in [6.45, 7) is 1.76. The standard InChI is InChI=1S/C15H15N3O2S/c1-11-14(17)3-2-4-15(11)18-21(19,20)10-13-7-5-12(9-16)6-8-13/h2-8,18H,10,17H2,1H3. The molecule has 6 heteroatoms. The zero-order chi connectivity index (χ0) is 15.5. The van der Waals surface area contributed by atoms with Gasteiger partial charge in [0.05, 0.1) is 23.1 Å². The van der Waals surface area contributed by atoms with Crippen LogP contribution >= 0.6 is 0 Å². The highest BCUT2D eigenvalue weighted by Crippen LogP contribution is 2.22.